The van der Waals surface area contributed by atoms with Gasteiger partial charge in [0.15, 0.2) is 5.96 Å². The van der Waals surface area contributed by atoms with Crippen molar-refractivity contribution in [2.24, 2.45) is 4.99 Å². The van der Waals surface area contributed by atoms with E-state index in [4.69, 9.17) is 0 Å². The molecule has 0 unspecified atom stereocenters. The van der Waals surface area contributed by atoms with Crippen LogP contribution < -0.4 is 16.0 Å². The molecular formula is C14H19IN6OS. The number of carbonyl (C=O) groups is 1. The summed E-state index contributed by atoms with van der Waals surface area (Å²) in [6, 6.07) is 3.54. The minimum Gasteiger partial charge on any atom is -0.350 e. The van der Waals surface area contributed by atoms with Crippen LogP contribution in [0.15, 0.2) is 35.7 Å². The normalized spacial score (nSPS) is 10.6. The Labute approximate surface area is 156 Å². The Morgan fingerprint density at radius 2 is 2.17 bits per heavy atom. The molecule has 0 saturated carbocycles. The lowest BCUT2D eigenvalue weighted by Crippen LogP contribution is -2.41. The minimum atomic E-state index is -0.166. The number of aryl methyl sites for hydroxylation is 1. The van der Waals surface area contributed by atoms with Crippen LogP contribution in [-0.2, 0) is 11.3 Å². The van der Waals surface area contributed by atoms with Gasteiger partial charge in [-0.2, -0.15) is 0 Å². The van der Waals surface area contributed by atoms with Crippen molar-refractivity contribution in [2.45, 2.75) is 13.5 Å². The minimum absolute atomic E-state index is 0. The number of halogens is 1. The van der Waals surface area contributed by atoms with Gasteiger partial charge in [-0.05, 0) is 19.1 Å². The summed E-state index contributed by atoms with van der Waals surface area (Å²) < 4.78 is 0. The molecule has 0 aliphatic heterocycles. The molecule has 0 aromatic carbocycles. The molecule has 0 fully saturated rings. The number of guanidine groups is 1. The van der Waals surface area contributed by atoms with Gasteiger partial charge in [-0.25, -0.2) is 4.98 Å². The van der Waals surface area contributed by atoms with Gasteiger partial charge in [-0.3, -0.25) is 14.8 Å². The van der Waals surface area contributed by atoms with E-state index in [0.717, 1.165) is 9.88 Å². The maximum absolute atomic E-state index is 11.8. The summed E-state index contributed by atoms with van der Waals surface area (Å²) in [5.74, 6) is 0.384. The maximum Gasteiger partial charge on any atom is 0.243 e. The van der Waals surface area contributed by atoms with Gasteiger partial charge >= 0.3 is 0 Å². The van der Waals surface area contributed by atoms with Crippen LogP contribution in [-0.4, -0.2) is 35.4 Å². The third-order valence-corrected chi connectivity index (χ3v) is 3.57. The van der Waals surface area contributed by atoms with E-state index in [1.54, 1.807) is 42.9 Å². The zero-order chi connectivity index (χ0) is 15.8. The first-order valence-corrected chi connectivity index (χ1v) is 7.54. The van der Waals surface area contributed by atoms with Crippen LogP contribution in [0.1, 0.15) is 9.88 Å². The first-order chi connectivity index (χ1) is 10.7. The van der Waals surface area contributed by atoms with Crippen molar-refractivity contribution in [1.82, 2.24) is 20.6 Å². The highest BCUT2D eigenvalue weighted by Gasteiger charge is 2.05. The van der Waals surface area contributed by atoms with Gasteiger partial charge in [0.25, 0.3) is 0 Å². The smallest absolute Gasteiger partial charge is 0.243 e. The first kappa shape index (κ1) is 19.3. The third-order valence-electron chi connectivity index (χ3n) is 2.66. The van der Waals surface area contributed by atoms with Crippen molar-refractivity contribution in [3.63, 3.8) is 0 Å². The predicted octanol–water partition coefficient (Wildman–Crippen LogP) is 1.77. The van der Waals surface area contributed by atoms with Crippen LogP contribution in [0.2, 0.25) is 0 Å². The molecule has 0 aliphatic carbocycles. The van der Waals surface area contributed by atoms with Crippen molar-refractivity contribution >= 4 is 52.9 Å². The summed E-state index contributed by atoms with van der Waals surface area (Å²) in [6.45, 7) is 2.70. The summed E-state index contributed by atoms with van der Waals surface area (Å²) in [6.07, 6.45) is 5.08. The molecule has 124 valence electrons. The molecule has 0 saturated heterocycles. The SMILES string of the molecule is CN=C(NCC(=O)Nc1cccnc1)NCc1ncc(C)s1.I. The molecule has 23 heavy (non-hydrogen) atoms. The highest BCUT2D eigenvalue weighted by atomic mass is 127. The fraction of sp³-hybridized carbons (Fsp3) is 0.286. The average molecular weight is 446 g/mol. The summed E-state index contributed by atoms with van der Waals surface area (Å²) in [4.78, 5) is 25.2. The molecule has 1 amide bonds. The third kappa shape index (κ3) is 6.91. The molecule has 2 heterocycles. The molecule has 0 spiro atoms. The van der Waals surface area contributed by atoms with Gasteiger partial charge in [0.05, 0.1) is 25.0 Å². The van der Waals surface area contributed by atoms with Gasteiger partial charge in [-0.15, -0.1) is 35.3 Å². The number of carbonyl (C=O) groups excluding carboxylic acids is 1. The monoisotopic (exact) mass is 446 g/mol. The van der Waals surface area contributed by atoms with E-state index in [0.29, 0.717) is 18.2 Å². The van der Waals surface area contributed by atoms with Gasteiger partial charge in [-0.1, -0.05) is 0 Å². The molecule has 7 nitrogen and oxygen atoms in total. The number of nitrogens with zero attached hydrogens (tertiary/aromatic N) is 3. The number of amides is 1. The van der Waals surface area contributed by atoms with E-state index in [-0.39, 0.29) is 36.4 Å². The van der Waals surface area contributed by atoms with Gasteiger partial charge in [0.1, 0.15) is 5.01 Å². The lowest BCUT2D eigenvalue weighted by molar-refractivity contribution is -0.115. The van der Waals surface area contributed by atoms with E-state index >= 15 is 0 Å². The maximum atomic E-state index is 11.8. The van der Waals surface area contributed by atoms with Crippen molar-refractivity contribution in [3.8, 4) is 0 Å². The number of thiazole rings is 1. The Bertz CT molecular complexity index is 646. The van der Waals surface area contributed by atoms with Crippen LogP contribution in [0.25, 0.3) is 0 Å². The molecule has 2 aromatic heterocycles. The predicted molar refractivity (Wildman–Crippen MR) is 103 cm³/mol. The van der Waals surface area contributed by atoms with Gasteiger partial charge in [0.2, 0.25) is 5.91 Å². The fourth-order valence-electron chi connectivity index (χ4n) is 1.67. The second-order valence-electron chi connectivity index (χ2n) is 4.43. The second-order valence-corrected chi connectivity index (χ2v) is 5.75. The second kappa shape index (κ2) is 10.1. The van der Waals surface area contributed by atoms with Crippen LogP contribution in [0.3, 0.4) is 0 Å². The van der Waals surface area contributed by atoms with Crippen LogP contribution in [0.5, 0.6) is 0 Å². The number of anilines is 1. The number of hydrogen-bond acceptors (Lipinski definition) is 5. The number of pyridine rings is 1. The largest absolute Gasteiger partial charge is 0.350 e. The van der Waals surface area contributed by atoms with Crippen LogP contribution in [0.4, 0.5) is 5.69 Å². The summed E-state index contributed by atoms with van der Waals surface area (Å²) >= 11 is 1.62. The van der Waals surface area contributed by atoms with Crippen LogP contribution in [0, 0.1) is 6.92 Å². The summed E-state index contributed by atoms with van der Waals surface area (Å²) in [5, 5.41) is 9.78. The van der Waals surface area contributed by atoms with Crippen molar-refractivity contribution in [2.75, 3.05) is 18.9 Å². The Balaban J connectivity index is 0.00000264. The molecule has 2 rings (SSSR count). The highest BCUT2D eigenvalue weighted by Crippen LogP contribution is 2.10. The lowest BCUT2D eigenvalue weighted by atomic mass is 10.4. The molecule has 2 aromatic rings. The Hall–Kier alpha value is -1.75. The van der Waals surface area contributed by atoms with E-state index in [9.17, 15) is 4.79 Å². The quantitative estimate of drug-likeness (QED) is 0.370. The molecule has 0 radical (unpaired) electrons. The molecule has 3 N–H and O–H groups in total. The van der Waals surface area contributed by atoms with Crippen molar-refractivity contribution in [1.29, 1.82) is 0 Å². The van der Waals surface area contributed by atoms with E-state index in [2.05, 4.69) is 30.9 Å². The fourth-order valence-corrected chi connectivity index (χ4v) is 2.40. The average Bonchev–Trinajstić information content (AvgIpc) is 2.94. The number of hydrogen-bond donors (Lipinski definition) is 3. The van der Waals surface area contributed by atoms with Crippen molar-refractivity contribution < 1.29 is 4.79 Å². The first-order valence-electron chi connectivity index (χ1n) is 6.73. The van der Waals surface area contributed by atoms with E-state index in [1.807, 2.05) is 13.1 Å². The zero-order valence-corrected chi connectivity index (χ0v) is 16.0. The number of rotatable bonds is 5. The van der Waals surface area contributed by atoms with Gasteiger partial charge in [0, 0.05) is 24.3 Å². The van der Waals surface area contributed by atoms with E-state index in [1.165, 1.54) is 0 Å². The number of aliphatic imine (C=N–C) groups is 1. The Kier molecular flexibility index (Phi) is 8.48. The molecule has 0 atom stereocenters. The van der Waals surface area contributed by atoms with Gasteiger partial charge < -0.3 is 16.0 Å². The number of aromatic nitrogens is 2. The Morgan fingerprint density at radius 1 is 1.35 bits per heavy atom. The zero-order valence-electron chi connectivity index (χ0n) is 12.9. The molecule has 0 aliphatic rings. The summed E-state index contributed by atoms with van der Waals surface area (Å²) in [5.41, 5.74) is 0.663. The molecular weight excluding hydrogens is 427 g/mol. The standard InChI is InChI=1S/C14H18N6OS.HI/c1-10-6-17-13(22-10)9-19-14(15-2)18-8-12(21)20-11-4-3-5-16-7-11;/h3-7H,8-9H2,1-2H3,(H,20,21)(H2,15,18,19);1H. The van der Waals surface area contributed by atoms with Crippen molar-refractivity contribution in [3.05, 3.63) is 40.6 Å². The van der Waals surface area contributed by atoms with E-state index < -0.39 is 0 Å². The van der Waals surface area contributed by atoms with Crippen LogP contribution >= 0.6 is 35.3 Å². The molecule has 9 heteroatoms. The number of nitrogens with one attached hydrogen (secondary N) is 3. The highest BCUT2D eigenvalue weighted by molar-refractivity contribution is 14.0. The topological polar surface area (TPSA) is 91.3 Å². The molecule has 0 bridgehead atoms. The Morgan fingerprint density at radius 3 is 2.78 bits per heavy atom. The summed E-state index contributed by atoms with van der Waals surface area (Å²) in [7, 11) is 1.65. The lowest BCUT2D eigenvalue weighted by Gasteiger charge is -2.11.